The van der Waals surface area contributed by atoms with Crippen LogP contribution in [0.5, 0.6) is 0 Å². The van der Waals surface area contributed by atoms with E-state index in [0.717, 1.165) is 5.57 Å². The lowest BCUT2D eigenvalue weighted by Crippen LogP contribution is -2.41. The van der Waals surface area contributed by atoms with E-state index in [9.17, 15) is 14.7 Å². The molecule has 1 atom stereocenters. The van der Waals surface area contributed by atoms with Crippen LogP contribution >= 0.6 is 0 Å². The van der Waals surface area contributed by atoms with Crippen LogP contribution in [0.3, 0.4) is 0 Å². The number of aliphatic carboxylic acids is 1. The molecule has 0 fully saturated rings. The van der Waals surface area contributed by atoms with E-state index < -0.39 is 11.4 Å². The molecule has 1 amide bonds. The standard InChI is InChI=1S/C14H25NO3/c1-7-15(9-10(2)3)12(16)8-14(6,11(4)5)13(17)18/h11H,2,7-9H2,1,3-6H3,(H,17,18). The van der Waals surface area contributed by atoms with Crippen molar-refractivity contribution < 1.29 is 14.7 Å². The van der Waals surface area contributed by atoms with Crippen LogP contribution in [0.4, 0.5) is 0 Å². The van der Waals surface area contributed by atoms with Gasteiger partial charge < -0.3 is 10.0 Å². The number of hydrogen-bond acceptors (Lipinski definition) is 2. The average Bonchev–Trinajstić information content (AvgIpc) is 2.24. The van der Waals surface area contributed by atoms with Crippen LogP contribution < -0.4 is 0 Å². The van der Waals surface area contributed by atoms with Gasteiger partial charge in [0.1, 0.15) is 0 Å². The van der Waals surface area contributed by atoms with Crippen LogP contribution in [0.2, 0.25) is 0 Å². The molecular formula is C14H25NO3. The predicted octanol–water partition coefficient (Wildman–Crippen LogP) is 2.55. The molecule has 0 aromatic heterocycles. The van der Waals surface area contributed by atoms with E-state index in [2.05, 4.69) is 6.58 Å². The first-order valence-corrected chi connectivity index (χ1v) is 6.30. The van der Waals surface area contributed by atoms with Crippen molar-refractivity contribution >= 4 is 11.9 Å². The zero-order valence-electron chi connectivity index (χ0n) is 12.1. The number of carbonyl (C=O) groups is 2. The van der Waals surface area contributed by atoms with Crippen LogP contribution in [0.15, 0.2) is 12.2 Å². The lowest BCUT2D eigenvalue weighted by molar-refractivity contribution is -0.155. The third-order valence-electron chi connectivity index (χ3n) is 3.48. The van der Waals surface area contributed by atoms with Gasteiger partial charge in [-0.05, 0) is 26.7 Å². The summed E-state index contributed by atoms with van der Waals surface area (Å²) in [5, 5.41) is 9.30. The average molecular weight is 255 g/mol. The number of amides is 1. The van der Waals surface area contributed by atoms with Gasteiger partial charge in [0.25, 0.3) is 0 Å². The molecule has 0 aromatic carbocycles. The predicted molar refractivity (Wildman–Crippen MR) is 72.3 cm³/mol. The van der Waals surface area contributed by atoms with Crippen LogP contribution in [0.1, 0.15) is 41.0 Å². The van der Waals surface area contributed by atoms with Gasteiger partial charge in [0.05, 0.1) is 5.41 Å². The van der Waals surface area contributed by atoms with Gasteiger partial charge in [-0.2, -0.15) is 0 Å². The van der Waals surface area contributed by atoms with Gasteiger partial charge in [0, 0.05) is 19.5 Å². The fourth-order valence-corrected chi connectivity index (χ4v) is 1.65. The molecule has 0 heterocycles. The van der Waals surface area contributed by atoms with Gasteiger partial charge in [-0.1, -0.05) is 26.0 Å². The minimum absolute atomic E-state index is 0.0289. The third kappa shape index (κ3) is 4.17. The van der Waals surface area contributed by atoms with Crippen molar-refractivity contribution in [2.45, 2.75) is 41.0 Å². The molecule has 104 valence electrons. The molecule has 0 radical (unpaired) electrons. The maximum absolute atomic E-state index is 12.2. The zero-order chi connectivity index (χ0) is 14.5. The molecule has 4 heteroatoms. The molecule has 0 aliphatic heterocycles. The molecule has 0 bridgehead atoms. The number of carboxylic acid groups (broad SMARTS) is 1. The molecule has 0 aliphatic carbocycles. The Bertz CT molecular complexity index is 336. The van der Waals surface area contributed by atoms with Gasteiger partial charge in [0.2, 0.25) is 5.91 Å². The first-order chi connectivity index (χ1) is 8.15. The van der Waals surface area contributed by atoms with E-state index in [1.807, 2.05) is 27.7 Å². The van der Waals surface area contributed by atoms with Gasteiger partial charge in [-0.25, -0.2) is 0 Å². The Hall–Kier alpha value is -1.32. The molecule has 0 spiro atoms. The van der Waals surface area contributed by atoms with Crippen LogP contribution in [0.25, 0.3) is 0 Å². The van der Waals surface area contributed by atoms with E-state index >= 15 is 0 Å². The molecule has 0 aliphatic rings. The molecule has 1 unspecified atom stereocenters. The second kappa shape index (κ2) is 6.57. The smallest absolute Gasteiger partial charge is 0.310 e. The topological polar surface area (TPSA) is 57.6 Å². The van der Waals surface area contributed by atoms with E-state index in [1.165, 1.54) is 0 Å². The van der Waals surface area contributed by atoms with Crippen molar-refractivity contribution in [3.63, 3.8) is 0 Å². The Labute approximate surface area is 110 Å². The molecule has 0 rings (SSSR count). The van der Waals surface area contributed by atoms with Crippen molar-refractivity contribution in [1.82, 2.24) is 4.90 Å². The summed E-state index contributed by atoms with van der Waals surface area (Å²) in [5.74, 6) is -1.14. The SMILES string of the molecule is C=C(C)CN(CC)C(=O)CC(C)(C(=O)O)C(C)C. The molecule has 4 nitrogen and oxygen atoms in total. The minimum Gasteiger partial charge on any atom is -0.481 e. The highest BCUT2D eigenvalue weighted by Gasteiger charge is 2.39. The maximum Gasteiger partial charge on any atom is 0.310 e. The number of hydrogen-bond donors (Lipinski definition) is 1. The summed E-state index contributed by atoms with van der Waals surface area (Å²) in [6.07, 6.45) is 0.0289. The zero-order valence-corrected chi connectivity index (χ0v) is 12.1. The molecule has 0 saturated carbocycles. The monoisotopic (exact) mass is 255 g/mol. The lowest BCUT2D eigenvalue weighted by atomic mass is 9.76. The van der Waals surface area contributed by atoms with Crippen molar-refractivity contribution in [3.05, 3.63) is 12.2 Å². The Kier molecular flexibility index (Phi) is 6.09. The maximum atomic E-state index is 12.2. The number of nitrogens with zero attached hydrogens (tertiary/aromatic N) is 1. The molecule has 18 heavy (non-hydrogen) atoms. The Balaban J connectivity index is 4.89. The number of carboxylic acids is 1. The van der Waals surface area contributed by atoms with Gasteiger partial charge >= 0.3 is 5.97 Å². The van der Waals surface area contributed by atoms with E-state index in [-0.39, 0.29) is 18.2 Å². The fraction of sp³-hybridized carbons (Fsp3) is 0.714. The van der Waals surface area contributed by atoms with Gasteiger partial charge in [-0.15, -0.1) is 0 Å². The van der Waals surface area contributed by atoms with Crippen molar-refractivity contribution in [3.8, 4) is 0 Å². The summed E-state index contributed by atoms with van der Waals surface area (Å²) >= 11 is 0. The normalized spacial score (nSPS) is 14.1. The molecular weight excluding hydrogens is 230 g/mol. The van der Waals surface area contributed by atoms with Crippen molar-refractivity contribution in [2.75, 3.05) is 13.1 Å². The summed E-state index contributed by atoms with van der Waals surface area (Å²) in [5.41, 5.74) is -0.119. The van der Waals surface area contributed by atoms with Crippen LogP contribution in [-0.2, 0) is 9.59 Å². The summed E-state index contributed by atoms with van der Waals surface area (Å²) in [6.45, 7) is 13.9. The minimum atomic E-state index is -1.01. The summed E-state index contributed by atoms with van der Waals surface area (Å²) in [6, 6.07) is 0. The van der Waals surface area contributed by atoms with E-state index in [1.54, 1.807) is 11.8 Å². The highest BCUT2D eigenvalue weighted by Crippen LogP contribution is 2.32. The number of likely N-dealkylation sites (N-methyl/N-ethyl adjacent to an activating group) is 1. The van der Waals surface area contributed by atoms with Crippen molar-refractivity contribution in [2.24, 2.45) is 11.3 Å². The largest absolute Gasteiger partial charge is 0.481 e. The molecule has 0 saturated heterocycles. The van der Waals surface area contributed by atoms with Crippen LogP contribution in [-0.4, -0.2) is 35.0 Å². The third-order valence-corrected chi connectivity index (χ3v) is 3.48. The molecule has 1 N–H and O–H groups in total. The first-order valence-electron chi connectivity index (χ1n) is 6.30. The van der Waals surface area contributed by atoms with Crippen molar-refractivity contribution in [1.29, 1.82) is 0 Å². The summed E-state index contributed by atoms with van der Waals surface area (Å²) in [4.78, 5) is 25.1. The van der Waals surface area contributed by atoms with E-state index in [0.29, 0.717) is 13.1 Å². The number of rotatable bonds is 7. The summed E-state index contributed by atoms with van der Waals surface area (Å²) in [7, 11) is 0. The summed E-state index contributed by atoms with van der Waals surface area (Å²) < 4.78 is 0. The second-order valence-corrected chi connectivity index (χ2v) is 5.42. The Morgan fingerprint density at radius 3 is 2.17 bits per heavy atom. The quantitative estimate of drug-likeness (QED) is 0.711. The van der Waals surface area contributed by atoms with E-state index in [4.69, 9.17) is 0 Å². The number of carbonyl (C=O) groups excluding carboxylic acids is 1. The van der Waals surface area contributed by atoms with Gasteiger partial charge in [-0.3, -0.25) is 9.59 Å². The Morgan fingerprint density at radius 2 is 1.89 bits per heavy atom. The fourth-order valence-electron chi connectivity index (χ4n) is 1.65. The second-order valence-electron chi connectivity index (χ2n) is 5.42. The molecule has 0 aromatic rings. The lowest BCUT2D eigenvalue weighted by Gasteiger charge is -2.31. The highest BCUT2D eigenvalue weighted by atomic mass is 16.4. The highest BCUT2D eigenvalue weighted by molar-refractivity contribution is 5.85. The first kappa shape index (κ1) is 16.7. The van der Waals surface area contributed by atoms with Crippen LogP contribution in [0, 0.1) is 11.3 Å². The Morgan fingerprint density at radius 1 is 1.39 bits per heavy atom. The van der Waals surface area contributed by atoms with Gasteiger partial charge in [0.15, 0.2) is 0 Å².